The van der Waals surface area contributed by atoms with E-state index in [-0.39, 0.29) is 58.9 Å². The lowest BCUT2D eigenvalue weighted by molar-refractivity contribution is -0.162. The first kappa shape index (κ1) is 23.5. The lowest BCUT2D eigenvalue weighted by Crippen LogP contribution is -2.37. The molecule has 0 saturated heterocycles. The van der Waals surface area contributed by atoms with Crippen LogP contribution in [0.3, 0.4) is 0 Å². The summed E-state index contributed by atoms with van der Waals surface area (Å²) in [5.74, 6) is -3.55. The summed E-state index contributed by atoms with van der Waals surface area (Å²) in [6.07, 6.45) is 3.10. The Bertz CT molecular complexity index is 495. The molecule has 0 aliphatic heterocycles. The Kier molecular flexibility index (Phi) is 11.4. The molecule has 0 aromatic carbocycles. The van der Waals surface area contributed by atoms with E-state index in [1.54, 1.807) is 0 Å². The third-order valence-electron chi connectivity index (χ3n) is 4.17. The maximum Gasteiger partial charge on any atom is 0.309 e. The predicted molar refractivity (Wildman–Crippen MR) is 96.6 cm³/mol. The molecule has 2 atom stereocenters. The molecule has 158 valence electrons. The van der Waals surface area contributed by atoms with E-state index in [0.717, 1.165) is 0 Å². The number of carbonyl (C=O) groups excluding carboxylic acids is 3. The quantitative estimate of drug-likeness (QED) is 0.209. The average Bonchev–Trinajstić information content (AvgIpc) is 2.71. The van der Waals surface area contributed by atoms with Gasteiger partial charge < -0.3 is 28.8 Å². The Morgan fingerprint density at radius 3 is 1.39 bits per heavy atom. The van der Waals surface area contributed by atoms with Crippen LogP contribution in [-0.2, 0) is 38.1 Å². The van der Waals surface area contributed by atoms with Gasteiger partial charge in [-0.1, -0.05) is 13.2 Å². The molecule has 1 aliphatic carbocycles. The van der Waals surface area contributed by atoms with Gasteiger partial charge in [0.15, 0.2) is 0 Å². The molecule has 1 saturated carbocycles. The number of ether oxygens (including phenoxy) is 5. The first-order chi connectivity index (χ1) is 13.5. The second-order valence-electron chi connectivity index (χ2n) is 6.10. The minimum absolute atomic E-state index is 0.0367. The van der Waals surface area contributed by atoms with Crippen LogP contribution in [0.4, 0.5) is 0 Å². The molecule has 28 heavy (non-hydrogen) atoms. The average molecular weight is 400 g/mol. The van der Waals surface area contributed by atoms with Crippen molar-refractivity contribution in [2.24, 2.45) is 17.8 Å². The van der Waals surface area contributed by atoms with Gasteiger partial charge in [0, 0.05) is 0 Å². The van der Waals surface area contributed by atoms with Gasteiger partial charge in [-0.05, 0) is 19.3 Å². The van der Waals surface area contributed by atoms with Gasteiger partial charge in [0.2, 0.25) is 0 Å². The highest BCUT2D eigenvalue weighted by molar-refractivity contribution is 5.80. The zero-order valence-corrected chi connectivity index (χ0v) is 15.9. The molecule has 0 bridgehead atoms. The van der Waals surface area contributed by atoms with Crippen molar-refractivity contribution in [3.8, 4) is 0 Å². The molecular formula is C19H28O9. The van der Waals surface area contributed by atoms with Gasteiger partial charge in [0.1, 0.15) is 33.0 Å². The molecule has 1 aliphatic rings. The molecule has 0 spiro atoms. The summed E-state index contributed by atoms with van der Waals surface area (Å²) in [4.78, 5) is 36.9. The summed E-state index contributed by atoms with van der Waals surface area (Å²) in [5.41, 5.74) is 0. The smallest absolute Gasteiger partial charge is 0.309 e. The van der Waals surface area contributed by atoms with Crippen molar-refractivity contribution in [2.45, 2.75) is 19.3 Å². The Balaban J connectivity index is 2.69. The van der Waals surface area contributed by atoms with Crippen molar-refractivity contribution < 1.29 is 43.2 Å². The fourth-order valence-electron chi connectivity index (χ4n) is 2.94. The molecular weight excluding hydrogens is 372 g/mol. The molecule has 1 fully saturated rings. The predicted octanol–water partition coefficient (Wildman–Crippen LogP) is 0.961. The van der Waals surface area contributed by atoms with Crippen LogP contribution in [-0.4, -0.2) is 62.7 Å². The Labute approximate surface area is 164 Å². The van der Waals surface area contributed by atoms with Crippen molar-refractivity contribution >= 4 is 17.9 Å². The summed E-state index contributed by atoms with van der Waals surface area (Å²) in [6, 6.07) is 0. The van der Waals surface area contributed by atoms with E-state index in [1.165, 1.54) is 12.5 Å². The first-order valence-electron chi connectivity index (χ1n) is 9.09. The van der Waals surface area contributed by atoms with Crippen molar-refractivity contribution in [1.29, 1.82) is 0 Å². The van der Waals surface area contributed by atoms with Crippen molar-refractivity contribution in [3.05, 3.63) is 25.7 Å². The monoisotopic (exact) mass is 400 g/mol. The molecule has 0 amide bonds. The minimum Gasteiger partial charge on any atom is -0.498 e. The van der Waals surface area contributed by atoms with Gasteiger partial charge in [-0.15, -0.1) is 0 Å². The van der Waals surface area contributed by atoms with E-state index in [0.29, 0.717) is 0 Å². The van der Waals surface area contributed by atoms with Crippen LogP contribution < -0.4 is 0 Å². The van der Waals surface area contributed by atoms with Crippen LogP contribution in [0.1, 0.15) is 19.3 Å². The number of aliphatic hydroxyl groups excluding tert-OH is 1. The van der Waals surface area contributed by atoms with E-state index in [4.69, 9.17) is 28.8 Å². The molecule has 0 aromatic rings. The topological polar surface area (TPSA) is 118 Å². The van der Waals surface area contributed by atoms with Gasteiger partial charge >= 0.3 is 17.9 Å². The van der Waals surface area contributed by atoms with Crippen molar-refractivity contribution in [3.63, 3.8) is 0 Å². The van der Waals surface area contributed by atoms with Crippen LogP contribution in [0.5, 0.6) is 0 Å². The summed E-state index contributed by atoms with van der Waals surface area (Å²) in [5, 5.41) is 8.81. The van der Waals surface area contributed by atoms with Crippen LogP contribution in [0.25, 0.3) is 0 Å². The third kappa shape index (κ3) is 8.43. The van der Waals surface area contributed by atoms with E-state index < -0.39 is 35.7 Å². The van der Waals surface area contributed by atoms with E-state index in [9.17, 15) is 14.4 Å². The van der Waals surface area contributed by atoms with Crippen LogP contribution in [0.15, 0.2) is 25.7 Å². The molecule has 9 nitrogen and oxygen atoms in total. The van der Waals surface area contributed by atoms with Gasteiger partial charge in [0.05, 0.1) is 36.9 Å². The highest BCUT2D eigenvalue weighted by Gasteiger charge is 2.41. The Morgan fingerprint density at radius 1 is 0.714 bits per heavy atom. The molecule has 2 unspecified atom stereocenters. The zero-order chi connectivity index (χ0) is 20.8. The summed E-state index contributed by atoms with van der Waals surface area (Å²) in [6.45, 7) is 6.74. The lowest BCUT2D eigenvalue weighted by Gasteiger charge is -2.31. The zero-order valence-electron chi connectivity index (χ0n) is 15.9. The number of hydrogen-bond donors (Lipinski definition) is 1. The van der Waals surface area contributed by atoms with E-state index in [1.807, 2.05) is 0 Å². The number of esters is 3. The standard InChI is InChI=1S/C19H28O9/c1-3-24-7-9-27-18(22)15-11-14(17(21)26-6-5-20)12-16(13-15)19(23)28-10-8-25-4-2/h3-4,14-16,20H,1-2,5-13H2. The molecule has 9 heteroatoms. The molecule has 0 radical (unpaired) electrons. The first-order valence-corrected chi connectivity index (χ1v) is 9.09. The number of rotatable bonds is 13. The number of carbonyl (C=O) groups is 3. The minimum atomic E-state index is -0.663. The third-order valence-corrected chi connectivity index (χ3v) is 4.17. The van der Waals surface area contributed by atoms with Gasteiger partial charge in [-0.3, -0.25) is 14.4 Å². The normalized spacial score (nSPS) is 21.1. The highest BCUT2D eigenvalue weighted by atomic mass is 16.6. The fourth-order valence-corrected chi connectivity index (χ4v) is 2.94. The second-order valence-corrected chi connectivity index (χ2v) is 6.10. The molecule has 1 N–H and O–H groups in total. The Morgan fingerprint density at radius 2 is 1.07 bits per heavy atom. The van der Waals surface area contributed by atoms with Crippen LogP contribution in [0, 0.1) is 17.8 Å². The van der Waals surface area contributed by atoms with Gasteiger partial charge in [-0.2, -0.15) is 0 Å². The largest absolute Gasteiger partial charge is 0.498 e. The SMILES string of the molecule is C=COCCOC(=O)C1CC(C(=O)OCCO)CC(C(=O)OCCOC=C)C1. The summed E-state index contributed by atoms with van der Waals surface area (Å²) in [7, 11) is 0. The number of aliphatic hydroxyl groups is 1. The van der Waals surface area contributed by atoms with E-state index >= 15 is 0 Å². The van der Waals surface area contributed by atoms with Crippen molar-refractivity contribution in [2.75, 3.05) is 39.6 Å². The highest BCUT2D eigenvalue weighted by Crippen LogP contribution is 2.35. The summed E-state index contributed by atoms with van der Waals surface area (Å²) < 4.78 is 25.0. The fraction of sp³-hybridized carbons (Fsp3) is 0.632. The van der Waals surface area contributed by atoms with Crippen molar-refractivity contribution in [1.82, 2.24) is 0 Å². The second kappa shape index (κ2) is 13.6. The van der Waals surface area contributed by atoms with Crippen LogP contribution in [0.2, 0.25) is 0 Å². The van der Waals surface area contributed by atoms with Gasteiger partial charge in [-0.25, -0.2) is 0 Å². The number of hydrogen-bond acceptors (Lipinski definition) is 9. The maximum absolute atomic E-state index is 12.3. The van der Waals surface area contributed by atoms with Gasteiger partial charge in [0.25, 0.3) is 0 Å². The Hall–Kier alpha value is -2.55. The van der Waals surface area contributed by atoms with E-state index in [2.05, 4.69) is 13.2 Å². The summed E-state index contributed by atoms with van der Waals surface area (Å²) >= 11 is 0. The van der Waals surface area contributed by atoms with Crippen LogP contribution >= 0.6 is 0 Å². The molecule has 1 rings (SSSR count). The molecule has 0 aromatic heterocycles. The lowest BCUT2D eigenvalue weighted by atomic mass is 9.75. The maximum atomic E-state index is 12.3. The molecule has 0 heterocycles.